The fourth-order valence-corrected chi connectivity index (χ4v) is 3.46. The van der Waals surface area contributed by atoms with Crippen LogP contribution in [0.15, 0.2) is 29.2 Å². The van der Waals surface area contributed by atoms with E-state index in [0.29, 0.717) is 0 Å². The molecule has 1 aromatic rings. The van der Waals surface area contributed by atoms with Crippen LogP contribution in [0.5, 0.6) is 0 Å². The van der Waals surface area contributed by atoms with Crippen molar-refractivity contribution in [2.45, 2.75) is 11.8 Å². The third kappa shape index (κ3) is 2.72. The third-order valence-electron chi connectivity index (χ3n) is 2.29. The van der Waals surface area contributed by atoms with Gasteiger partial charge >= 0.3 is 0 Å². The summed E-state index contributed by atoms with van der Waals surface area (Å²) in [5.74, 6) is -0.199. The maximum atomic E-state index is 12.0. The van der Waals surface area contributed by atoms with E-state index in [1.54, 1.807) is 12.1 Å². The fourth-order valence-electron chi connectivity index (χ4n) is 1.33. The van der Waals surface area contributed by atoms with Crippen LogP contribution in [0.25, 0.3) is 0 Å². The van der Waals surface area contributed by atoms with E-state index in [9.17, 15) is 13.2 Å². The van der Waals surface area contributed by atoms with Gasteiger partial charge in [0.05, 0.1) is 10.6 Å². The first-order chi connectivity index (χ1) is 8.40. The van der Waals surface area contributed by atoms with E-state index >= 15 is 0 Å². The van der Waals surface area contributed by atoms with Gasteiger partial charge in [0.25, 0.3) is 15.9 Å². The number of amides is 1. The van der Waals surface area contributed by atoms with Crippen molar-refractivity contribution in [3.63, 3.8) is 0 Å². The van der Waals surface area contributed by atoms with Crippen molar-refractivity contribution in [1.29, 1.82) is 0 Å². The monoisotopic (exact) mass is 302 g/mol. The first kappa shape index (κ1) is 13.5. The zero-order valence-electron chi connectivity index (χ0n) is 9.41. The number of rotatable bonds is 3. The van der Waals surface area contributed by atoms with Crippen molar-refractivity contribution in [3.8, 4) is 0 Å². The van der Waals surface area contributed by atoms with Crippen LogP contribution in [0.3, 0.4) is 0 Å². The average Bonchev–Trinajstić information content (AvgIpc) is 2.61. The van der Waals surface area contributed by atoms with Crippen LogP contribution in [0.2, 0.25) is 0 Å². The van der Waals surface area contributed by atoms with Gasteiger partial charge in [0.2, 0.25) is 0 Å². The van der Waals surface area contributed by atoms with Gasteiger partial charge in [-0.1, -0.05) is 41.7 Å². The van der Waals surface area contributed by atoms with E-state index in [-0.39, 0.29) is 20.9 Å². The minimum absolute atomic E-state index is 0.0978. The lowest BCUT2D eigenvalue weighted by Crippen LogP contribution is -2.44. The molecule has 0 radical (unpaired) electrons. The predicted octanol–water partition coefficient (Wildman–Crippen LogP) is 1.05. The van der Waals surface area contributed by atoms with Crippen LogP contribution in [-0.4, -0.2) is 29.4 Å². The van der Waals surface area contributed by atoms with Crippen LogP contribution in [0, 0.1) is 6.92 Å². The van der Waals surface area contributed by atoms with Gasteiger partial charge in [0.1, 0.15) is 0 Å². The molecule has 2 rings (SSSR count). The van der Waals surface area contributed by atoms with E-state index in [0.717, 1.165) is 22.3 Å². The molecular weight excluding hydrogens is 292 g/mol. The van der Waals surface area contributed by atoms with Gasteiger partial charge in [-0.2, -0.15) is 0 Å². The Morgan fingerprint density at radius 2 is 1.94 bits per heavy atom. The molecule has 0 aliphatic carbocycles. The van der Waals surface area contributed by atoms with Crippen molar-refractivity contribution >= 4 is 44.2 Å². The normalized spacial score (nSPS) is 16.4. The summed E-state index contributed by atoms with van der Waals surface area (Å²) in [6.07, 6.45) is 0. The van der Waals surface area contributed by atoms with Crippen molar-refractivity contribution in [2.24, 2.45) is 0 Å². The second-order valence-electron chi connectivity index (χ2n) is 3.69. The van der Waals surface area contributed by atoms with Gasteiger partial charge < -0.3 is 0 Å². The Labute approximate surface area is 115 Å². The van der Waals surface area contributed by atoms with Crippen molar-refractivity contribution < 1.29 is 13.2 Å². The average molecular weight is 302 g/mol. The number of aryl methyl sites for hydroxylation is 1. The van der Waals surface area contributed by atoms with Crippen LogP contribution >= 0.6 is 24.0 Å². The predicted molar refractivity (Wildman–Crippen MR) is 73.4 cm³/mol. The molecule has 0 unspecified atom stereocenters. The van der Waals surface area contributed by atoms with Gasteiger partial charge in [-0.25, -0.2) is 13.4 Å². The van der Waals surface area contributed by atoms with Crippen molar-refractivity contribution in [1.82, 2.24) is 9.84 Å². The number of nitrogens with one attached hydrogen (secondary N) is 1. The highest BCUT2D eigenvalue weighted by molar-refractivity contribution is 8.24. The number of thioether (sulfide) groups is 1. The zero-order chi connectivity index (χ0) is 13.3. The molecule has 0 atom stereocenters. The first-order valence-corrected chi connectivity index (χ1v) is 7.87. The SMILES string of the molecule is Cc1ccc(S(=O)(=O)NN2C(=O)CSC2=S)cc1. The number of carbonyl (C=O) groups is 1. The number of thiocarbonyl (C=S) groups is 1. The Hall–Kier alpha value is -0.960. The summed E-state index contributed by atoms with van der Waals surface area (Å²) in [4.78, 5) is 13.7. The molecule has 1 aliphatic rings. The fraction of sp³-hybridized carbons (Fsp3) is 0.200. The number of carbonyl (C=O) groups excluding carboxylic acids is 1. The lowest BCUT2D eigenvalue weighted by molar-refractivity contribution is -0.125. The third-order valence-corrected chi connectivity index (χ3v) is 4.97. The maximum absolute atomic E-state index is 12.0. The standard InChI is InChI=1S/C10H10N2O3S3/c1-7-2-4-8(5-3-7)18(14,15)11-12-9(13)6-17-10(12)16/h2-5,11H,6H2,1H3. The Kier molecular flexibility index (Phi) is 3.71. The lowest BCUT2D eigenvalue weighted by Gasteiger charge is -2.16. The molecule has 5 nitrogen and oxygen atoms in total. The second kappa shape index (κ2) is 4.96. The molecule has 1 aliphatic heterocycles. The number of nitrogens with zero attached hydrogens (tertiary/aromatic N) is 1. The largest absolute Gasteiger partial charge is 0.272 e. The molecule has 1 saturated heterocycles. The highest BCUT2D eigenvalue weighted by Gasteiger charge is 2.31. The summed E-state index contributed by atoms with van der Waals surface area (Å²) in [5.41, 5.74) is 0.956. The first-order valence-electron chi connectivity index (χ1n) is 4.99. The summed E-state index contributed by atoms with van der Waals surface area (Å²) in [5, 5.41) is 0.898. The highest BCUT2D eigenvalue weighted by atomic mass is 32.2. The molecule has 18 heavy (non-hydrogen) atoms. The van der Waals surface area contributed by atoms with Crippen molar-refractivity contribution in [2.75, 3.05) is 5.75 Å². The van der Waals surface area contributed by atoms with Gasteiger partial charge in [0, 0.05) is 0 Å². The topological polar surface area (TPSA) is 66.5 Å². The molecule has 1 heterocycles. The van der Waals surface area contributed by atoms with Gasteiger partial charge in [-0.15, -0.1) is 4.83 Å². The Balaban J connectivity index is 2.24. The zero-order valence-corrected chi connectivity index (χ0v) is 11.9. The van der Waals surface area contributed by atoms with Crippen molar-refractivity contribution in [3.05, 3.63) is 29.8 Å². The second-order valence-corrected chi connectivity index (χ2v) is 6.96. The summed E-state index contributed by atoms with van der Waals surface area (Å²) >= 11 is 6.03. The molecule has 1 aromatic carbocycles. The number of benzene rings is 1. The molecule has 0 aromatic heterocycles. The molecule has 0 bridgehead atoms. The molecule has 1 amide bonds. The van der Waals surface area contributed by atoms with E-state index in [4.69, 9.17) is 12.2 Å². The number of hydrogen-bond donors (Lipinski definition) is 1. The molecule has 1 N–H and O–H groups in total. The number of hydrazine groups is 1. The molecule has 1 fully saturated rings. The Morgan fingerprint density at radius 1 is 1.33 bits per heavy atom. The molecule has 96 valence electrons. The highest BCUT2D eigenvalue weighted by Crippen LogP contribution is 2.19. The van der Waals surface area contributed by atoms with Gasteiger partial charge in [0.15, 0.2) is 4.32 Å². The van der Waals surface area contributed by atoms with Crippen LogP contribution in [0.1, 0.15) is 5.56 Å². The lowest BCUT2D eigenvalue weighted by atomic mass is 10.2. The minimum Gasteiger partial charge on any atom is -0.272 e. The molecular formula is C10H10N2O3S3. The Bertz CT molecular complexity index is 579. The van der Waals surface area contributed by atoms with E-state index in [1.807, 2.05) is 6.92 Å². The summed E-state index contributed by atoms with van der Waals surface area (Å²) in [7, 11) is -3.77. The number of sulfonamides is 1. The van der Waals surface area contributed by atoms with Crippen LogP contribution in [0.4, 0.5) is 0 Å². The summed E-state index contributed by atoms with van der Waals surface area (Å²) in [6, 6.07) is 6.34. The van der Waals surface area contributed by atoms with Gasteiger partial charge in [-0.05, 0) is 19.1 Å². The summed E-state index contributed by atoms with van der Waals surface area (Å²) < 4.78 is 24.3. The number of hydrogen-bond acceptors (Lipinski definition) is 5. The van der Waals surface area contributed by atoms with E-state index in [2.05, 4.69) is 4.83 Å². The van der Waals surface area contributed by atoms with Crippen LogP contribution < -0.4 is 4.83 Å². The smallest absolute Gasteiger partial charge is 0.257 e. The van der Waals surface area contributed by atoms with Crippen LogP contribution in [-0.2, 0) is 14.8 Å². The van der Waals surface area contributed by atoms with Gasteiger partial charge in [-0.3, -0.25) is 4.79 Å². The molecule has 0 spiro atoms. The minimum atomic E-state index is -3.77. The Morgan fingerprint density at radius 3 is 2.44 bits per heavy atom. The molecule has 8 heteroatoms. The quantitative estimate of drug-likeness (QED) is 0.845. The maximum Gasteiger partial charge on any atom is 0.257 e. The molecule has 0 saturated carbocycles. The van der Waals surface area contributed by atoms with E-state index < -0.39 is 10.0 Å². The summed E-state index contributed by atoms with van der Waals surface area (Å²) in [6.45, 7) is 1.86. The van der Waals surface area contributed by atoms with E-state index in [1.165, 1.54) is 12.1 Å².